The molecule has 3 N–H and O–H groups in total. The van der Waals surface area contributed by atoms with Crippen molar-refractivity contribution in [3.63, 3.8) is 0 Å². The summed E-state index contributed by atoms with van der Waals surface area (Å²) in [5, 5.41) is 2.49. The molecule has 1 unspecified atom stereocenters. The number of alkyl carbamates (subject to hydrolysis) is 1. The van der Waals surface area contributed by atoms with Crippen molar-refractivity contribution in [2.24, 2.45) is 5.73 Å². The molecule has 3 amide bonds. The number of hydrogen-bond acceptors (Lipinski definition) is 4. The number of nitrogens with two attached hydrogens (primary N) is 1. The van der Waals surface area contributed by atoms with Crippen molar-refractivity contribution in [2.45, 2.75) is 83.8 Å². The average molecular weight is 360 g/mol. The van der Waals surface area contributed by atoms with Crippen LogP contribution < -0.4 is 11.1 Å². The van der Waals surface area contributed by atoms with Crippen LogP contribution in [0, 0.1) is 0 Å². The van der Waals surface area contributed by atoms with Crippen LogP contribution in [0.4, 0.5) is 4.79 Å². The summed E-state index contributed by atoms with van der Waals surface area (Å²) < 4.78 is 5.40. The zero-order valence-corrected chi connectivity index (χ0v) is 15.8. The predicted molar refractivity (Wildman–Crippen MR) is 100 cm³/mol. The first kappa shape index (κ1) is 21.3. The molecule has 1 aliphatic heterocycles. The molecule has 2 fully saturated rings. The van der Waals surface area contributed by atoms with Crippen molar-refractivity contribution >= 4 is 17.9 Å². The van der Waals surface area contributed by atoms with Crippen molar-refractivity contribution in [1.29, 1.82) is 0 Å². The summed E-state index contributed by atoms with van der Waals surface area (Å²) in [5.74, 6) is -0.786. The Labute approximate surface area is 153 Å². The largest absolute Gasteiger partial charge is 0.443 e. The van der Waals surface area contributed by atoms with E-state index in [2.05, 4.69) is 19.2 Å². The Morgan fingerprint density at radius 3 is 2.36 bits per heavy atom. The van der Waals surface area contributed by atoms with E-state index in [4.69, 9.17) is 10.5 Å². The highest BCUT2D eigenvalue weighted by Gasteiger charge is 2.34. The standard InChI is InChI=1S/C15H25N3O4.C3H8.2H2/c1-15(7-3-4-8-15)22-14(21)17-10-12(19)18-9-5-2-6-11(18)13(16)20;1-3-2;;/h11H,2-10H2,1H3,(H2,16,20)(H,17,21);3H2,1-2H3;2*1H. The number of likely N-dealkylation sites (tertiary alicyclic amines) is 1. The summed E-state index contributed by atoms with van der Waals surface area (Å²) in [7, 11) is 0. The zero-order valence-electron chi connectivity index (χ0n) is 15.8. The first-order chi connectivity index (χ1) is 11.8. The minimum absolute atomic E-state index is 0. The summed E-state index contributed by atoms with van der Waals surface area (Å²) in [6, 6.07) is -0.564. The topological polar surface area (TPSA) is 102 Å². The van der Waals surface area contributed by atoms with E-state index in [9.17, 15) is 14.4 Å². The van der Waals surface area contributed by atoms with E-state index < -0.39 is 23.6 Å². The number of ether oxygens (including phenoxy) is 1. The third-order valence-corrected chi connectivity index (χ3v) is 4.54. The van der Waals surface area contributed by atoms with Crippen molar-refractivity contribution in [2.75, 3.05) is 13.1 Å². The Hall–Kier alpha value is -1.79. The van der Waals surface area contributed by atoms with Crippen LogP contribution in [-0.4, -0.2) is 47.5 Å². The minimum atomic E-state index is -0.578. The summed E-state index contributed by atoms with van der Waals surface area (Å²) in [5.41, 5.74) is 4.91. The van der Waals surface area contributed by atoms with Crippen LogP contribution >= 0.6 is 0 Å². The molecule has 0 spiro atoms. The normalized spacial score (nSPS) is 21.7. The van der Waals surface area contributed by atoms with E-state index in [1.165, 1.54) is 11.3 Å². The Morgan fingerprint density at radius 2 is 1.80 bits per heavy atom. The SMILES string of the molecule is CC1(OC(=O)NCC(=O)N2CCCCC2C(N)=O)CCCC1.CCC.[HH].[HH]. The van der Waals surface area contributed by atoms with Crippen molar-refractivity contribution < 1.29 is 22.0 Å². The molecule has 1 aliphatic carbocycles. The number of carbonyl (C=O) groups is 3. The van der Waals surface area contributed by atoms with Crippen LogP contribution in [-0.2, 0) is 14.3 Å². The number of hydrogen-bond donors (Lipinski definition) is 2. The first-order valence-corrected chi connectivity index (χ1v) is 9.38. The highest BCUT2D eigenvalue weighted by atomic mass is 16.6. The second kappa shape index (κ2) is 10.3. The molecular formula is C18H37N3O4. The molecular weight excluding hydrogens is 322 g/mol. The highest BCUT2D eigenvalue weighted by Crippen LogP contribution is 2.32. The van der Waals surface area contributed by atoms with Gasteiger partial charge in [0.2, 0.25) is 11.8 Å². The maximum Gasteiger partial charge on any atom is 0.408 e. The third kappa shape index (κ3) is 6.92. The van der Waals surface area contributed by atoms with E-state index in [-0.39, 0.29) is 15.3 Å². The lowest BCUT2D eigenvalue weighted by molar-refractivity contribution is -0.140. The molecule has 0 aromatic rings. The van der Waals surface area contributed by atoms with E-state index in [0.29, 0.717) is 13.0 Å². The van der Waals surface area contributed by atoms with Gasteiger partial charge in [-0.1, -0.05) is 20.3 Å². The van der Waals surface area contributed by atoms with Gasteiger partial charge in [0.15, 0.2) is 0 Å². The first-order valence-electron chi connectivity index (χ1n) is 9.38. The molecule has 1 heterocycles. The van der Waals surface area contributed by atoms with Crippen LogP contribution in [0.25, 0.3) is 0 Å². The summed E-state index contributed by atoms with van der Waals surface area (Å²) >= 11 is 0. The molecule has 0 aromatic heterocycles. The summed E-state index contributed by atoms with van der Waals surface area (Å²) in [4.78, 5) is 36.9. The van der Waals surface area contributed by atoms with E-state index >= 15 is 0 Å². The molecule has 1 saturated heterocycles. The number of amides is 3. The molecule has 7 nitrogen and oxygen atoms in total. The fourth-order valence-electron chi connectivity index (χ4n) is 3.26. The number of carbonyl (C=O) groups excluding carboxylic acids is 3. The molecule has 0 radical (unpaired) electrons. The summed E-state index contributed by atoms with van der Waals surface area (Å²) in [6.45, 7) is 6.49. The van der Waals surface area contributed by atoms with Crippen LogP contribution in [0.2, 0.25) is 0 Å². The van der Waals surface area contributed by atoms with Gasteiger partial charge in [0.1, 0.15) is 18.2 Å². The second-order valence-electron chi connectivity index (χ2n) is 7.11. The quantitative estimate of drug-likeness (QED) is 0.805. The van der Waals surface area contributed by atoms with E-state index in [0.717, 1.165) is 38.5 Å². The average Bonchev–Trinajstić information content (AvgIpc) is 2.99. The van der Waals surface area contributed by atoms with Gasteiger partial charge in [-0.3, -0.25) is 9.59 Å². The predicted octanol–water partition coefficient (Wildman–Crippen LogP) is 2.82. The van der Waals surface area contributed by atoms with Crippen molar-refractivity contribution in [3.8, 4) is 0 Å². The van der Waals surface area contributed by atoms with Gasteiger partial charge in [-0.25, -0.2) is 4.79 Å². The van der Waals surface area contributed by atoms with E-state index in [1.54, 1.807) is 0 Å². The number of rotatable bonds is 4. The van der Waals surface area contributed by atoms with Crippen molar-refractivity contribution in [1.82, 2.24) is 10.2 Å². The number of piperidine rings is 1. The molecule has 0 bridgehead atoms. The van der Waals surface area contributed by atoms with Gasteiger partial charge in [0, 0.05) is 9.40 Å². The molecule has 2 aliphatic rings. The monoisotopic (exact) mass is 359 g/mol. The molecule has 148 valence electrons. The molecule has 2 rings (SSSR count). The maximum atomic E-state index is 12.2. The maximum absolute atomic E-state index is 12.2. The van der Waals surface area contributed by atoms with Crippen LogP contribution in [0.5, 0.6) is 0 Å². The van der Waals surface area contributed by atoms with Gasteiger partial charge in [-0.2, -0.15) is 0 Å². The fraction of sp³-hybridized carbons (Fsp3) is 0.833. The van der Waals surface area contributed by atoms with Gasteiger partial charge < -0.3 is 20.7 Å². The van der Waals surface area contributed by atoms with Crippen LogP contribution in [0.3, 0.4) is 0 Å². The smallest absolute Gasteiger partial charge is 0.408 e. The Kier molecular flexibility index (Phi) is 8.72. The molecule has 1 atom stereocenters. The lowest BCUT2D eigenvalue weighted by Crippen LogP contribution is -2.53. The third-order valence-electron chi connectivity index (χ3n) is 4.54. The van der Waals surface area contributed by atoms with E-state index in [1.807, 2.05) is 6.92 Å². The molecule has 25 heavy (non-hydrogen) atoms. The second-order valence-corrected chi connectivity index (χ2v) is 7.11. The lowest BCUT2D eigenvalue weighted by atomic mass is 10.0. The fourth-order valence-corrected chi connectivity index (χ4v) is 3.26. The molecule has 0 aromatic carbocycles. The Bertz CT molecular complexity index is 472. The highest BCUT2D eigenvalue weighted by molar-refractivity contribution is 5.88. The molecule has 1 saturated carbocycles. The van der Waals surface area contributed by atoms with Gasteiger partial charge in [0.25, 0.3) is 0 Å². The van der Waals surface area contributed by atoms with Gasteiger partial charge in [-0.15, -0.1) is 0 Å². The minimum Gasteiger partial charge on any atom is -0.443 e. The van der Waals surface area contributed by atoms with Gasteiger partial charge in [-0.05, 0) is 51.9 Å². The van der Waals surface area contributed by atoms with Crippen molar-refractivity contribution in [3.05, 3.63) is 0 Å². The number of nitrogens with zero attached hydrogens (tertiary/aromatic N) is 1. The van der Waals surface area contributed by atoms with Gasteiger partial charge in [0.05, 0.1) is 0 Å². The Balaban J connectivity index is 0. The zero-order chi connectivity index (χ0) is 18.9. The van der Waals surface area contributed by atoms with Gasteiger partial charge >= 0.3 is 6.09 Å². The number of nitrogens with one attached hydrogen (secondary N) is 1. The van der Waals surface area contributed by atoms with Crippen LogP contribution in [0.1, 0.15) is 75.0 Å². The number of primary amides is 1. The van der Waals surface area contributed by atoms with Crippen LogP contribution in [0.15, 0.2) is 0 Å². The lowest BCUT2D eigenvalue weighted by Gasteiger charge is -2.33. The Morgan fingerprint density at radius 1 is 1.20 bits per heavy atom. The summed E-state index contributed by atoms with van der Waals surface area (Å²) in [6.07, 6.45) is 6.79. The molecule has 7 heteroatoms.